The SMILES string of the molecule is CN(C)c1ccc(NC(=O)CCCNC(=O)c2ccsc2)c(C(F)(F)F)c1. The molecule has 2 N–H and O–H groups in total. The van der Waals surface area contributed by atoms with Gasteiger partial charge in [0.05, 0.1) is 11.3 Å². The molecule has 0 spiro atoms. The molecule has 0 radical (unpaired) electrons. The summed E-state index contributed by atoms with van der Waals surface area (Å²) in [6.45, 7) is 0.258. The van der Waals surface area contributed by atoms with E-state index in [1.807, 2.05) is 0 Å². The van der Waals surface area contributed by atoms with Gasteiger partial charge in [-0.15, -0.1) is 0 Å². The molecule has 0 atom stereocenters. The van der Waals surface area contributed by atoms with Crippen molar-refractivity contribution in [1.82, 2.24) is 5.32 Å². The Balaban J connectivity index is 1.90. The molecule has 0 aliphatic heterocycles. The number of alkyl halides is 3. The van der Waals surface area contributed by atoms with Gasteiger partial charge in [-0.05, 0) is 36.1 Å². The number of hydrogen-bond acceptors (Lipinski definition) is 4. The molecule has 2 aromatic rings. The lowest BCUT2D eigenvalue weighted by Crippen LogP contribution is -2.25. The number of halogens is 3. The van der Waals surface area contributed by atoms with Crippen molar-refractivity contribution < 1.29 is 22.8 Å². The number of nitrogens with zero attached hydrogens (tertiary/aromatic N) is 1. The molecule has 9 heteroatoms. The van der Waals surface area contributed by atoms with E-state index in [2.05, 4.69) is 10.6 Å². The maximum Gasteiger partial charge on any atom is 0.418 e. The van der Waals surface area contributed by atoms with Crippen molar-refractivity contribution in [2.45, 2.75) is 19.0 Å². The molecule has 0 saturated carbocycles. The van der Waals surface area contributed by atoms with Crippen molar-refractivity contribution in [3.05, 3.63) is 46.2 Å². The average molecular weight is 399 g/mol. The van der Waals surface area contributed by atoms with Crippen molar-refractivity contribution in [2.75, 3.05) is 30.9 Å². The Morgan fingerprint density at radius 1 is 1.19 bits per heavy atom. The number of carbonyl (C=O) groups excluding carboxylic acids is 2. The maximum absolute atomic E-state index is 13.3. The van der Waals surface area contributed by atoms with Crippen LogP contribution in [0.4, 0.5) is 24.5 Å². The minimum atomic E-state index is -4.58. The van der Waals surface area contributed by atoms with Gasteiger partial charge >= 0.3 is 6.18 Å². The van der Waals surface area contributed by atoms with Crippen molar-refractivity contribution in [3.8, 4) is 0 Å². The van der Waals surface area contributed by atoms with Gasteiger partial charge in [-0.25, -0.2) is 0 Å². The van der Waals surface area contributed by atoms with E-state index in [-0.39, 0.29) is 24.6 Å². The molecule has 0 fully saturated rings. The van der Waals surface area contributed by atoms with Crippen LogP contribution in [0.25, 0.3) is 0 Å². The first-order chi connectivity index (χ1) is 12.7. The molecular formula is C18H20F3N3O2S. The summed E-state index contributed by atoms with van der Waals surface area (Å²) in [7, 11) is 3.27. The largest absolute Gasteiger partial charge is 0.418 e. The number of carbonyl (C=O) groups is 2. The standard InChI is InChI=1S/C18H20F3N3O2S/c1-24(2)13-5-6-15(14(10-13)18(19,20)21)23-16(25)4-3-8-22-17(26)12-7-9-27-11-12/h5-7,9-11H,3-4,8H2,1-2H3,(H,22,26)(H,23,25). The van der Waals surface area contributed by atoms with E-state index in [0.717, 1.165) is 6.07 Å². The summed E-state index contributed by atoms with van der Waals surface area (Å²) in [6, 6.07) is 5.43. The predicted molar refractivity (Wildman–Crippen MR) is 100 cm³/mol. The molecule has 0 unspecified atom stereocenters. The first-order valence-corrected chi connectivity index (χ1v) is 9.11. The van der Waals surface area contributed by atoms with Crippen LogP contribution < -0.4 is 15.5 Å². The highest BCUT2D eigenvalue weighted by Gasteiger charge is 2.34. The molecule has 0 aliphatic rings. The number of benzene rings is 1. The van der Waals surface area contributed by atoms with Crippen LogP contribution in [0.3, 0.4) is 0 Å². The van der Waals surface area contributed by atoms with Gasteiger partial charge < -0.3 is 15.5 Å². The fraction of sp³-hybridized carbons (Fsp3) is 0.333. The molecule has 5 nitrogen and oxygen atoms in total. The van der Waals surface area contributed by atoms with E-state index >= 15 is 0 Å². The third kappa shape index (κ3) is 5.99. The fourth-order valence-electron chi connectivity index (χ4n) is 2.31. The van der Waals surface area contributed by atoms with E-state index in [9.17, 15) is 22.8 Å². The summed E-state index contributed by atoms with van der Waals surface area (Å²) in [5.74, 6) is -0.779. The van der Waals surface area contributed by atoms with Crippen LogP contribution in [0.5, 0.6) is 0 Å². The molecule has 146 valence electrons. The molecule has 2 amide bonds. The van der Waals surface area contributed by atoms with Gasteiger partial charge in [-0.1, -0.05) is 0 Å². The normalized spacial score (nSPS) is 11.1. The zero-order valence-corrected chi connectivity index (χ0v) is 15.7. The van der Waals surface area contributed by atoms with E-state index in [4.69, 9.17) is 0 Å². The molecular weight excluding hydrogens is 379 g/mol. The lowest BCUT2D eigenvalue weighted by atomic mass is 10.1. The molecule has 27 heavy (non-hydrogen) atoms. The summed E-state index contributed by atoms with van der Waals surface area (Å²) in [6.07, 6.45) is -4.27. The van der Waals surface area contributed by atoms with Crippen LogP contribution in [-0.4, -0.2) is 32.5 Å². The molecule has 1 heterocycles. The van der Waals surface area contributed by atoms with Crippen molar-refractivity contribution in [3.63, 3.8) is 0 Å². The summed E-state index contributed by atoms with van der Waals surface area (Å²) >= 11 is 1.40. The second kappa shape index (κ2) is 8.90. The number of thiophene rings is 1. The van der Waals surface area contributed by atoms with Crippen molar-refractivity contribution in [1.29, 1.82) is 0 Å². The third-order valence-corrected chi connectivity index (χ3v) is 4.43. The van der Waals surface area contributed by atoms with Gasteiger partial charge in [0.25, 0.3) is 5.91 Å². The Morgan fingerprint density at radius 2 is 1.93 bits per heavy atom. The van der Waals surface area contributed by atoms with Gasteiger partial charge in [-0.2, -0.15) is 24.5 Å². The maximum atomic E-state index is 13.3. The number of amides is 2. The van der Waals surface area contributed by atoms with E-state index in [0.29, 0.717) is 17.7 Å². The Bertz CT molecular complexity index is 790. The second-order valence-corrected chi connectivity index (χ2v) is 6.82. The molecule has 1 aromatic carbocycles. The smallest absolute Gasteiger partial charge is 0.378 e. The Labute approximate surface area is 159 Å². The number of anilines is 2. The molecule has 0 aliphatic carbocycles. The number of rotatable bonds is 7. The van der Waals surface area contributed by atoms with Crippen LogP contribution in [0.15, 0.2) is 35.0 Å². The fourth-order valence-corrected chi connectivity index (χ4v) is 2.95. The summed E-state index contributed by atoms with van der Waals surface area (Å²) < 4.78 is 39.8. The van der Waals surface area contributed by atoms with Gasteiger partial charge in [0.1, 0.15) is 0 Å². The van der Waals surface area contributed by atoms with Crippen LogP contribution in [-0.2, 0) is 11.0 Å². The molecule has 2 rings (SSSR count). The van der Waals surface area contributed by atoms with Crippen molar-refractivity contribution >= 4 is 34.5 Å². The minimum Gasteiger partial charge on any atom is -0.378 e. The Morgan fingerprint density at radius 3 is 2.52 bits per heavy atom. The number of hydrogen-bond donors (Lipinski definition) is 2. The first-order valence-electron chi connectivity index (χ1n) is 8.17. The quantitative estimate of drug-likeness (QED) is 0.693. The average Bonchev–Trinajstić information content (AvgIpc) is 3.12. The first kappa shape index (κ1) is 20.8. The third-order valence-electron chi connectivity index (χ3n) is 3.75. The molecule has 1 aromatic heterocycles. The van der Waals surface area contributed by atoms with Gasteiger partial charge in [0, 0.05) is 43.7 Å². The highest BCUT2D eigenvalue weighted by molar-refractivity contribution is 7.08. The van der Waals surface area contributed by atoms with Crippen LogP contribution in [0.2, 0.25) is 0 Å². The van der Waals surface area contributed by atoms with Crippen LogP contribution >= 0.6 is 11.3 Å². The van der Waals surface area contributed by atoms with Crippen molar-refractivity contribution in [2.24, 2.45) is 0 Å². The minimum absolute atomic E-state index is 0.00333. The summed E-state index contributed by atoms with van der Waals surface area (Å²) in [5, 5.41) is 8.46. The lowest BCUT2D eigenvalue weighted by molar-refractivity contribution is -0.136. The van der Waals surface area contributed by atoms with Gasteiger partial charge in [-0.3, -0.25) is 9.59 Å². The molecule has 0 saturated heterocycles. The Kier molecular flexibility index (Phi) is 6.84. The highest BCUT2D eigenvalue weighted by Crippen LogP contribution is 2.37. The summed E-state index contributed by atoms with van der Waals surface area (Å²) in [4.78, 5) is 25.3. The van der Waals surface area contributed by atoms with Gasteiger partial charge in [0.2, 0.25) is 5.91 Å². The van der Waals surface area contributed by atoms with E-state index < -0.39 is 17.6 Å². The van der Waals surface area contributed by atoms with E-state index in [1.165, 1.54) is 23.5 Å². The zero-order chi connectivity index (χ0) is 20.0. The Hall–Kier alpha value is -2.55. The topological polar surface area (TPSA) is 61.4 Å². The van der Waals surface area contributed by atoms with E-state index in [1.54, 1.807) is 35.8 Å². The predicted octanol–water partition coefficient (Wildman–Crippen LogP) is 3.98. The second-order valence-electron chi connectivity index (χ2n) is 6.04. The van der Waals surface area contributed by atoms with Crippen LogP contribution in [0.1, 0.15) is 28.8 Å². The monoisotopic (exact) mass is 399 g/mol. The number of nitrogens with one attached hydrogen (secondary N) is 2. The van der Waals surface area contributed by atoms with Gasteiger partial charge in [0.15, 0.2) is 0 Å². The summed E-state index contributed by atoms with van der Waals surface area (Å²) in [5.41, 5.74) is -0.245. The van der Waals surface area contributed by atoms with Crippen LogP contribution in [0, 0.1) is 0 Å². The molecule has 0 bridgehead atoms. The zero-order valence-electron chi connectivity index (χ0n) is 14.9. The lowest BCUT2D eigenvalue weighted by Gasteiger charge is -2.18. The highest BCUT2D eigenvalue weighted by atomic mass is 32.1.